The second-order valence-electron chi connectivity index (χ2n) is 14.2. The standard InChI is InChI=1S/C11H18.C8H14.C7H12.C6H8N2O/c1-2-9-5-10-3-8(1)4-11(6-9)7-10;1-2-8-5-3-7(1)4-6-8;1-2-7-4-3-6(1)5-7;1-2-4-6-5(3-1)7-9-8-6/h8-11H,1-7H2;7-8H,1-6H2;6-7H,1-5H2;1-4H2. The molecule has 35 heavy (non-hydrogen) atoms. The Morgan fingerprint density at radius 3 is 1.03 bits per heavy atom. The number of hydrogen-bond donors (Lipinski definition) is 0. The van der Waals surface area contributed by atoms with Crippen LogP contribution in [0.15, 0.2) is 4.63 Å². The summed E-state index contributed by atoms with van der Waals surface area (Å²) in [7, 11) is 0. The maximum Gasteiger partial charge on any atom is 0.108 e. The smallest absolute Gasteiger partial charge is 0.108 e. The first-order chi connectivity index (χ1) is 17.3. The molecule has 10 aliphatic rings. The van der Waals surface area contributed by atoms with E-state index in [1.54, 1.807) is 116 Å². The zero-order valence-electron chi connectivity index (χ0n) is 22.5. The van der Waals surface area contributed by atoms with E-state index in [0.717, 1.165) is 47.9 Å². The van der Waals surface area contributed by atoms with E-state index in [2.05, 4.69) is 14.9 Å². The molecular weight excluding hydrogens is 428 g/mol. The molecule has 0 aromatic carbocycles. The second-order valence-corrected chi connectivity index (χ2v) is 14.2. The number of fused-ring (bicyclic) bond motifs is 7. The summed E-state index contributed by atoms with van der Waals surface area (Å²) in [4.78, 5) is 0. The molecule has 1 heterocycles. The molecule has 1 aromatic heterocycles. The molecule has 8 bridgehead atoms. The van der Waals surface area contributed by atoms with E-state index in [1.807, 2.05) is 0 Å². The largest absolute Gasteiger partial charge is 0.244 e. The van der Waals surface area contributed by atoms with E-state index in [-0.39, 0.29) is 0 Å². The Balaban J connectivity index is 0.0000000883. The first-order valence-electron chi connectivity index (χ1n) is 16.1. The van der Waals surface area contributed by atoms with Crippen LogP contribution in [0.4, 0.5) is 0 Å². The van der Waals surface area contributed by atoms with Crippen molar-refractivity contribution in [3.8, 4) is 0 Å². The van der Waals surface area contributed by atoms with E-state index < -0.39 is 0 Å². The fraction of sp³-hybridized carbons (Fsp3) is 0.938. The third-order valence-electron chi connectivity index (χ3n) is 11.6. The maximum absolute atomic E-state index is 4.57. The van der Waals surface area contributed by atoms with Gasteiger partial charge in [-0.15, -0.1) is 0 Å². The molecule has 9 saturated carbocycles. The van der Waals surface area contributed by atoms with Crippen LogP contribution in [0.25, 0.3) is 0 Å². The average Bonchev–Trinajstić information content (AvgIpc) is 3.65. The Morgan fingerprint density at radius 2 is 0.686 bits per heavy atom. The molecule has 0 saturated heterocycles. The van der Waals surface area contributed by atoms with Crippen molar-refractivity contribution >= 4 is 0 Å². The highest BCUT2D eigenvalue weighted by Gasteiger charge is 2.39. The van der Waals surface area contributed by atoms with Gasteiger partial charge in [0.15, 0.2) is 0 Å². The van der Waals surface area contributed by atoms with Gasteiger partial charge >= 0.3 is 0 Å². The summed E-state index contributed by atoms with van der Waals surface area (Å²) in [5, 5.41) is 7.54. The van der Waals surface area contributed by atoms with Crippen LogP contribution < -0.4 is 0 Å². The van der Waals surface area contributed by atoms with Crippen LogP contribution >= 0.6 is 0 Å². The van der Waals surface area contributed by atoms with Gasteiger partial charge in [-0.05, 0) is 112 Å². The van der Waals surface area contributed by atoms with Crippen LogP contribution in [-0.4, -0.2) is 10.3 Å². The van der Waals surface area contributed by atoms with Gasteiger partial charge in [-0.1, -0.05) is 87.4 Å². The predicted octanol–water partition coefficient (Wildman–Crippen LogP) is 8.95. The molecule has 0 atom stereocenters. The first kappa shape index (κ1) is 24.5. The molecule has 1 aromatic rings. The summed E-state index contributed by atoms with van der Waals surface area (Å²) in [6.07, 6.45) is 33.0. The lowest BCUT2D eigenvalue weighted by atomic mass is 9.68. The second kappa shape index (κ2) is 11.7. The summed E-state index contributed by atoms with van der Waals surface area (Å²) in [5.41, 5.74) is 2.14. The van der Waals surface area contributed by atoms with Crippen molar-refractivity contribution in [2.24, 2.45) is 47.3 Å². The van der Waals surface area contributed by atoms with Gasteiger partial charge in [-0.3, -0.25) is 0 Å². The zero-order chi connectivity index (χ0) is 23.5. The van der Waals surface area contributed by atoms with E-state index in [9.17, 15) is 0 Å². The molecule has 10 aliphatic carbocycles. The summed E-state index contributed by atoms with van der Waals surface area (Å²) < 4.78 is 4.57. The Bertz CT molecular complexity index is 685. The highest BCUT2D eigenvalue weighted by molar-refractivity contribution is 5.10. The molecule has 0 aliphatic heterocycles. The van der Waals surface area contributed by atoms with Gasteiger partial charge in [-0.25, -0.2) is 4.63 Å². The van der Waals surface area contributed by atoms with Crippen LogP contribution in [0.2, 0.25) is 0 Å². The molecule has 3 nitrogen and oxygen atoms in total. The average molecular weight is 481 g/mol. The van der Waals surface area contributed by atoms with Gasteiger partial charge in [0.05, 0.1) is 0 Å². The van der Waals surface area contributed by atoms with E-state index >= 15 is 0 Å². The van der Waals surface area contributed by atoms with Crippen LogP contribution in [0, 0.1) is 47.3 Å². The van der Waals surface area contributed by atoms with Gasteiger partial charge in [-0.2, -0.15) is 0 Å². The minimum absolute atomic E-state index is 1.05. The summed E-state index contributed by atoms with van der Waals surface area (Å²) in [6.45, 7) is 0. The summed E-state index contributed by atoms with van der Waals surface area (Å²) >= 11 is 0. The number of nitrogens with zero attached hydrogens (tertiary/aromatic N) is 2. The molecule has 0 spiro atoms. The molecule has 0 radical (unpaired) electrons. The van der Waals surface area contributed by atoms with Crippen LogP contribution in [-0.2, 0) is 12.8 Å². The predicted molar refractivity (Wildman–Crippen MR) is 142 cm³/mol. The lowest BCUT2D eigenvalue weighted by Gasteiger charge is -2.38. The summed E-state index contributed by atoms with van der Waals surface area (Å²) in [5.74, 6) is 9.30. The molecule has 9 fully saturated rings. The van der Waals surface area contributed by atoms with Gasteiger partial charge < -0.3 is 0 Å². The van der Waals surface area contributed by atoms with Gasteiger partial charge in [0.1, 0.15) is 11.4 Å². The minimum atomic E-state index is 1.05. The van der Waals surface area contributed by atoms with Crippen molar-refractivity contribution in [3.05, 3.63) is 11.4 Å². The highest BCUT2D eigenvalue weighted by atomic mass is 16.6. The molecular formula is C32H52N2O. The van der Waals surface area contributed by atoms with Crippen molar-refractivity contribution in [1.29, 1.82) is 0 Å². The van der Waals surface area contributed by atoms with E-state index in [4.69, 9.17) is 0 Å². The van der Waals surface area contributed by atoms with Crippen LogP contribution in [0.5, 0.6) is 0 Å². The Labute approximate surface area is 214 Å². The normalized spacial score (nSPS) is 41.5. The SMILES string of the molecule is C1CC2CC3CC1CC(C2)C3.C1CC2CCC1C2.C1CC2CCC1CC2.C1CCc2nonc2C1. The monoisotopic (exact) mass is 480 g/mol. The number of hydrogen-bond acceptors (Lipinski definition) is 3. The lowest BCUT2D eigenvalue weighted by molar-refractivity contribution is 0.134. The van der Waals surface area contributed by atoms with Gasteiger partial charge in [0, 0.05) is 0 Å². The molecule has 0 amide bonds. The van der Waals surface area contributed by atoms with Crippen molar-refractivity contribution in [1.82, 2.24) is 10.3 Å². The first-order valence-corrected chi connectivity index (χ1v) is 16.1. The van der Waals surface area contributed by atoms with Crippen molar-refractivity contribution in [2.75, 3.05) is 0 Å². The van der Waals surface area contributed by atoms with Crippen LogP contribution in [0.1, 0.15) is 140 Å². The fourth-order valence-corrected chi connectivity index (χ4v) is 9.71. The van der Waals surface area contributed by atoms with Crippen molar-refractivity contribution in [3.63, 3.8) is 0 Å². The maximum atomic E-state index is 4.57. The van der Waals surface area contributed by atoms with Crippen molar-refractivity contribution in [2.45, 2.75) is 141 Å². The van der Waals surface area contributed by atoms with E-state index in [1.165, 1.54) is 36.5 Å². The van der Waals surface area contributed by atoms with Gasteiger partial charge in [0.2, 0.25) is 0 Å². The fourth-order valence-electron chi connectivity index (χ4n) is 9.71. The zero-order valence-corrected chi connectivity index (χ0v) is 22.5. The molecule has 196 valence electrons. The molecule has 0 unspecified atom stereocenters. The molecule has 11 rings (SSSR count). The minimum Gasteiger partial charge on any atom is -0.244 e. The Kier molecular flexibility index (Phi) is 8.17. The van der Waals surface area contributed by atoms with Crippen LogP contribution in [0.3, 0.4) is 0 Å². The topological polar surface area (TPSA) is 38.9 Å². The third-order valence-corrected chi connectivity index (χ3v) is 11.6. The number of aryl methyl sites for hydroxylation is 2. The summed E-state index contributed by atoms with van der Waals surface area (Å²) in [6, 6.07) is 0. The molecule has 3 heteroatoms. The third kappa shape index (κ3) is 6.53. The Hall–Kier alpha value is -0.860. The Morgan fingerprint density at radius 1 is 0.371 bits per heavy atom. The van der Waals surface area contributed by atoms with Gasteiger partial charge in [0.25, 0.3) is 0 Å². The quantitative estimate of drug-likeness (QED) is 0.372. The van der Waals surface area contributed by atoms with Crippen molar-refractivity contribution < 1.29 is 4.63 Å². The van der Waals surface area contributed by atoms with E-state index in [0.29, 0.717) is 0 Å². The number of rotatable bonds is 0. The lowest BCUT2D eigenvalue weighted by Crippen LogP contribution is -2.26. The number of aromatic nitrogens is 2. The molecule has 0 N–H and O–H groups in total. The highest BCUT2D eigenvalue weighted by Crippen LogP contribution is 2.51.